The summed E-state index contributed by atoms with van der Waals surface area (Å²) in [5.41, 5.74) is 0.553. The van der Waals surface area contributed by atoms with Gasteiger partial charge in [-0.3, -0.25) is 9.59 Å². The summed E-state index contributed by atoms with van der Waals surface area (Å²) in [4.78, 5) is 24.3. The van der Waals surface area contributed by atoms with Crippen LogP contribution < -0.4 is 10.9 Å². The Balaban J connectivity index is 1.80. The lowest BCUT2D eigenvalue weighted by Gasteiger charge is -2.19. The number of rotatable bonds is 4. The number of nitrogens with zero attached hydrogens (tertiary/aromatic N) is 2. The van der Waals surface area contributed by atoms with Crippen LogP contribution in [0.2, 0.25) is 0 Å². The number of hydrogen-bond donors (Lipinski definition) is 1. The van der Waals surface area contributed by atoms with Gasteiger partial charge in [0.1, 0.15) is 5.69 Å². The molecule has 0 aliphatic carbocycles. The average Bonchev–Trinajstić information content (AvgIpc) is 3.10. The number of carbonyl (C=O) groups excluding carboxylic acids is 1. The van der Waals surface area contributed by atoms with Gasteiger partial charge in [0.15, 0.2) is 0 Å². The molecule has 2 heterocycles. The summed E-state index contributed by atoms with van der Waals surface area (Å²) in [7, 11) is 0. The second kappa shape index (κ2) is 6.75. The molecule has 120 valence electrons. The van der Waals surface area contributed by atoms with Crippen molar-refractivity contribution >= 4 is 5.91 Å². The summed E-state index contributed by atoms with van der Waals surface area (Å²) in [5.74, 6) is -0.308. The van der Waals surface area contributed by atoms with Crippen LogP contribution in [0.15, 0.2) is 47.3 Å². The van der Waals surface area contributed by atoms with Crippen molar-refractivity contribution in [2.45, 2.75) is 31.9 Å². The van der Waals surface area contributed by atoms with E-state index in [1.54, 1.807) is 12.1 Å². The zero-order valence-electron chi connectivity index (χ0n) is 12.9. The van der Waals surface area contributed by atoms with E-state index in [4.69, 9.17) is 4.74 Å². The minimum Gasteiger partial charge on any atom is -0.376 e. The summed E-state index contributed by atoms with van der Waals surface area (Å²) in [6, 6.07) is 11.7. The van der Waals surface area contributed by atoms with E-state index in [0.29, 0.717) is 5.69 Å². The third kappa shape index (κ3) is 3.48. The standard InChI is InChI=1S/C17H19N3O3/c1-12(15-8-5-11-23-15)18-17(22)14-9-10-16(21)20(19-14)13-6-3-2-4-7-13/h2-4,6-7,9-10,12,15H,5,8,11H2,1H3,(H,18,22)/t12-,15-/m1/s1. The zero-order chi connectivity index (χ0) is 16.2. The van der Waals surface area contributed by atoms with E-state index in [2.05, 4.69) is 10.4 Å². The zero-order valence-corrected chi connectivity index (χ0v) is 12.9. The molecule has 1 aromatic carbocycles. The molecular formula is C17H19N3O3. The van der Waals surface area contributed by atoms with Gasteiger partial charge in [-0.15, -0.1) is 0 Å². The number of hydrogen-bond acceptors (Lipinski definition) is 4. The third-order valence-electron chi connectivity index (χ3n) is 3.92. The SMILES string of the molecule is C[C@@H](NC(=O)c1ccc(=O)n(-c2ccccc2)n1)[C@H]1CCCO1. The molecule has 1 saturated heterocycles. The van der Waals surface area contributed by atoms with E-state index in [-0.39, 0.29) is 29.3 Å². The number of nitrogens with one attached hydrogen (secondary N) is 1. The maximum absolute atomic E-state index is 12.4. The molecule has 1 amide bonds. The van der Waals surface area contributed by atoms with Crippen molar-refractivity contribution in [2.24, 2.45) is 0 Å². The minimum atomic E-state index is -0.308. The molecule has 1 aliphatic heterocycles. The third-order valence-corrected chi connectivity index (χ3v) is 3.92. The van der Waals surface area contributed by atoms with Crippen molar-refractivity contribution in [1.82, 2.24) is 15.1 Å². The van der Waals surface area contributed by atoms with Crippen LogP contribution in [0.4, 0.5) is 0 Å². The highest BCUT2D eigenvalue weighted by Gasteiger charge is 2.24. The first-order valence-corrected chi connectivity index (χ1v) is 7.73. The van der Waals surface area contributed by atoms with Gasteiger partial charge in [0.25, 0.3) is 11.5 Å². The predicted molar refractivity (Wildman–Crippen MR) is 85.7 cm³/mol. The van der Waals surface area contributed by atoms with Gasteiger partial charge in [-0.05, 0) is 38.0 Å². The molecule has 3 rings (SSSR count). The molecule has 2 aromatic rings. The fraction of sp³-hybridized carbons (Fsp3) is 0.353. The Hall–Kier alpha value is -2.47. The van der Waals surface area contributed by atoms with Gasteiger partial charge >= 0.3 is 0 Å². The highest BCUT2D eigenvalue weighted by molar-refractivity contribution is 5.92. The van der Waals surface area contributed by atoms with Gasteiger partial charge in [0.2, 0.25) is 0 Å². The molecule has 6 heteroatoms. The summed E-state index contributed by atoms with van der Waals surface area (Å²) in [6.07, 6.45) is 2.00. The van der Waals surface area contributed by atoms with Gasteiger partial charge in [0, 0.05) is 12.7 Å². The fourth-order valence-electron chi connectivity index (χ4n) is 2.66. The lowest BCUT2D eigenvalue weighted by molar-refractivity contribution is 0.0708. The highest BCUT2D eigenvalue weighted by atomic mass is 16.5. The van der Waals surface area contributed by atoms with Gasteiger partial charge in [-0.2, -0.15) is 9.78 Å². The van der Waals surface area contributed by atoms with Crippen LogP contribution in [-0.4, -0.2) is 34.4 Å². The monoisotopic (exact) mass is 313 g/mol. The fourth-order valence-corrected chi connectivity index (χ4v) is 2.66. The molecule has 1 aromatic heterocycles. The number of benzene rings is 1. The molecule has 0 bridgehead atoms. The first kappa shape index (κ1) is 15.4. The number of aromatic nitrogens is 2. The number of para-hydroxylation sites is 1. The van der Waals surface area contributed by atoms with Gasteiger partial charge in [-0.25, -0.2) is 0 Å². The molecule has 23 heavy (non-hydrogen) atoms. The number of carbonyl (C=O) groups is 1. The maximum Gasteiger partial charge on any atom is 0.272 e. The first-order valence-electron chi connectivity index (χ1n) is 7.73. The molecule has 1 N–H and O–H groups in total. The van der Waals surface area contributed by atoms with Gasteiger partial charge in [0.05, 0.1) is 17.8 Å². The predicted octanol–water partition coefficient (Wildman–Crippen LogP) is 1.53. The lowest BCUT2D eigenvalue weighted by atomic mass is 10.1. The van der Waals surface area contributed by atoms with Crippen molar-refractivity contribution in [3.05, 3.63) is 58.5 Å². The van der Waals surface area contributed by atoms with Crippen molar-refractivity contribution in [3.8, 4) is 5.69 Å². The van der Waals surface area contributed by atoms with E-state index in [0.717, 1.165) is 19.4 Å². The maximum atomic E-state index is 12.4. The van der Waals surface area contributed by atoms with Crippen molar-refractivity contribution in [2.75, 3.05) is 6.61 Å². The topological polar surface area (TPSA) is 73.2 Å². The average molecular weight is 313 g/mol. The molecule has 0 spiro atoms. The van der Waals surface area contributed by atoms with Crippen LogP contribution in [0.1, 0.15) is 30.3 Å². The molecule has 2 atom stereocenters. The van der Waals surface area contributed by atoms with Crippen LogP contribution in [-0.2, 0) is 4.74 Å². The Morgan fingerprint density at radius 1 is 1.30 bits per heavy atom. The molecule has 0 radical (unpaired) electrons. The molecule has 1 aliphatic rings. The Labute approximate surface area is 134 Å². The Morgan fingerprint density at radius 2 is 2.09 bits per heavy atom. The summed E-state index contributed by atoms with van der Waals surface area (Å²) in [5, 5.41) is 7.07. The first-order chi connectivity index (χ1) is 11.1. The molecular weight excluding hydrogens is 294 g/mol. The van der Waals surface area contributed by atoms with Crippen LogP contribution in [0.3, 0.4) is 0 Å². The van der Waals surface area contributed by atoms with Gasteiger partial charge < -0.3 is 10.1 Å². The van der Waals surface area contributed by atoms with E-state index in [1.165, 1.54) is 16.8 Å². The van der Waals surface area contributed by atoms with Crippen LogP contribution in [0.5, 0.6) is 0 Å². The van der Waals surface area contributed by atoms with Crippen LogP contribution in [0, 0.1) is 0 Å². The Morgan fingerprint density at radius 3 is 2.78 bits per heavy atom. The van der Waals surface area contributed by atoms with E-state index in [1.807, 2.05) is 25.1 Å². The molecule has 6 nitrogen and oxygen atoms in total. The van der Waals surface area contributed by atoms with E-state index >= 15 is 0 Å². The van der Waals surface area contributed by atoms with Crippen molar-refractivity contribution < 1.29 is 9.53 Å². The summed E-state index contributed by atoms with van der Waals surface area (Å²) >= 11 is 0. The second-order valence-corrected chi connectivity index (χ2v) is 5.62. The molecule has 1 fully saturated rings. The quantitative estimate of drug-likeness (QED) is 0.929. The normalized spacial score (nSPS) is 18.6. The molecule has 0 saturated carbocycles. The summed E-state index contributed by atoms with van der Waals surface area (Å²) < 4.78 is 6.80. The Kier molecular flexibility index (Phi) is 4.52. The smallest absolute Gasteiger partial charge is 0.272 e. The largest absolute Gasteiger partial charge is 0.376 e. The lowest BCUT2D eigenvalue weighted by Crippen LogP contribution is -2.41. The number of amides is 1. The molecule has 0 unspecified atom stereocenters. The van der Waals surface area contributed by atoms with Crippen LogP contribution in [0.25, 0.3) is 5.69 Å². The van der Waals surface area contributed by atoms with Crippen LogP contribution >= 0.6 is 0 Å². The second-order valence-electron chi connectivity index (χ2n) is 5.62. The van der Waals surface area contributed by atoms with Gasteiger partial charge in [-0.1, -0.05) is 18.2 Å². The Bertz CT molecular complexity index is 736. The number of ether oxygens (including phenoxy) is 1. The van der Waals surface area contributed by atoms with E-state index in [9.17, 15) is 9.59 Å². The summed E-state index contributed by atoms with van der Waals surface area (Å²) in [6.45, 7) is 2.66. The van der Waals surface area contributed by atoms with Crippen molar-refractivity contribution in [1.29, 1.82) is 0 Å². The van der Waals surface area contributed by atoms with E-state index < -0.39 is 0 Å². The minimum absolute atomic E-state index is 0.0407. The highest BCUT2D eigenvalue weighted by Crippen LogP contribution is 2.15. The van der Waals surface area contributed by atoms with Crippen molar-refractivity contribution in [3.63, 3.8) is 0 Å².